The first-order valence-electron chi connectivity index (χ1n) is 12.0. The predicted octanol–water partition coefficient (Wildman–Crippen LogP) is 4.64. The topological polar surface area (TPSA) is 49.9 Å². The van der Waals surface area contributed by atoms with Gasteiger partial charge in [0.15, 0.2) is 0 Å². The zero-order valence-corrected chi connectivity index (χ0v) is 19.9. The number of piperidine rings is 2. The fraction of sp³-hybridized carbons (Fsp3) is 0.692. The minimum atomic E-state index is 0.0914. The highest BCUT2D eigenvalue weighted by molar-refractivity contribution is 5.80. The van der Waals surface area contributed by atoms with E-state index in [-0.39, 0.29) is 17.2 Å². The van der Waals surface area contributed by atoms with Gasteiger partial charge in [-0.25, -0.2) is 0 Å². The standard InChI is InChI=1S/C26H40N2O3/c1-20-7-5-15-28(19-20)25(30)21-13-16-27(17-14-21)24(29)8-6-18-31-23-11-9-22(10-12-23)26(2,3)4/h9-12,20-21H,5-8,13-19H2,1-4H3. The van der Waals surface area contributed by atoms with Crippen LogP contribution < -0.4 is 4.74 Å². The Morgan fingerprint density at radius 3 is 2.29 bits per heavy atom. The van der Waals surface area contributed by atoms with Gasteiger partial charge in [-0.1, -0.05) is 39.8 Å². The van der Waals surface area contributed by atoms with E-state index < -0.39 is 0 Å². The number of benzene rings is 1. The van der Waals surface area contributed by atoms with E-state index in [1.807, 2.05) is 17.0 Å². The molecule has 2 fully saturated rings. The van der Waals surface area contributed by atoms with Crippen molar-refractivity contribution in [3.8, 4) is 5.75 Å². The monoisotopic (exact) mass is 428 g/mol. The molecule has 2 saturated heterocycles. The Labute approximate surface area is 188 Å². The molecule has 0 aromatic heterocycles. The van der Waals surface area contributed by atoms with Crippen molar-refractivity contribution in [2.45, 2.75) is 71.6 Å². The van der Waals surface area contributed by atoms with E-state index in [1.54, 1.807) is 0 Å². The summed E-state index contributed by atoms with van der Waals surface area (Å²) in [6.45, 7) is 12.6. The van der Waals surface area contributed by atoms with Crippen molar-refractivity contribution in [3.63, 3.8) is 0 Å². The Hall–Kier alpha value is -2.04. The van der Waals surface area contributed by atoms with Crippen molar-refractivity contribution in [1.29, 1.82) is 0 Å². The van der Waals surface area contributed by atoms with Crippen LogP contribution in [0.3, 0.4) is 0 Å². The molecule has 0 spiro atoms. The van der Waals surface area contributed by atoms with Gasteiger partial charge in [0.05, 0.1) is 6.61 Å². The average molecular weight is 429 g/mol. The second-order valence-corrected chi connectivity index (χ2v) is 10.4. The first-order chi connectivity index (χ1) is 14.7. The molecule has 0 aliphatic carbocycles. The van der Waals surface area contributed by atoms with Crippen LogP contribution in [-0.4, -0.2) is 54.4 Å². The number of rotatable bonds is 6. The minimum absolute atomic E-state index is 0.0914. The molecule has 172 valence electrons. The maximum absolute atomic E-state index is 12.8. The predicted molar refractivity (Wildman–Crippen MR) is 124 cm³/mol. The summed E-state index contributed by atoms with van der Waals surface area (Å²) >= 11 is 0. The molecule has 5 heteroatoms. The number of ether oxygens (including phenoxy) is 1. The Morgan fingerprint density at radius 1 is 1.00 bits per heavy atom. The lowest BCUT2D eigenvalue weighted by molar-refractivity contribution is -0.142. The lowest BCUT2D eigenvalue weighted by Crippen LogP contribution is -2.47. The van der Waals surface area contributed by atoms with Gasteiger partial charge in [-0.15, -0.1) is 0 Å². The first kappa shape index (κ1) is 23.6. The number of amides is 2. The summed E-state index contributed by atoms with van der Waals surface area (Å²) in [6, 6.07) is 8.23. The van der Waals surface area contributed by atoms with Gasteiger partial charge in [0, 0.05) is 38.5 Å². The van der Waals surface area contributed by atoms with E-state index in [1.165, 1.54) is 12.0 Å². The van der Waals surface area contributed by atoms with Crippen molar-refractivity contribution in [2.24, 2.45) is 11.8 Å². The van der Waals surface area contributed by atoms with E-state index in [0.29, 0.717) is 44.4 Å². The molecule has 1 atom stereocenters. The van der Waals surface area contributed by atoms with Crippen LogP contribution in [0.15, 0.2) is 24.3 Å². The van der Waals surface area contributed by atoms with Crippen LogP contribution >= 0.6 is 0 Å². The van der Waals surface area contributed by atoms with Crippen molar-refractivity contribution in [3.05, 3.63) is 29.8 Å². The van der Waals surface area contributed by atoms with E-state index in [4.69, 9.17) is 4.74 Å². The Balaban J connectivity index is 1.34. The van der Waals surface area contributed by atoms with Crippen LogP contribution in [0.5, 0.6) is 5.75 Å². The zero-order valence-electron chi connectivity index (χ0n) is 19.9. The molecule has 2 amide bonds. The molecule has 0 saturated carbocycles. The second kappa shape index (κ2) is 10.5. The fourth-order valence-corrected chi connectivity index (χ4v) is 4.65. The molecule has 0 radical (unpaired) electrons. The summed E-state index contributed by atoms with van der Waals surface area (Å²) in [5, 5.41) is 0. The molecular weight excluding hydrogens is 388 g/mol. The van der Waals surface area contributed by atoms with Gasteiger partial charge in [-0.05, 0) is 61.1 Å². The SMILES string of the molecule is CC1CCCN(C(=O)C2CCN(C(=O)CCCOc3ccc(C(C)(C)C)cc3)CC2)C1. The molecule has 2 heterocycles. The lowest BCUT2D eigenvalue weighted by Gasteiger charge is -2.37. The van der Waals surface area contributed by atoms with Crippen molar-refractivity contribution in [1.82, 2.24) is 9.80 Å². The van der Waals surface area contributed by atoms with Gasteiger partial charge in [-0.2, -0.15) is 0 Å². The van der Waals surface area contributed by atoms with E-state index >= 15 is 0 Å². The number of nitrogens with zero attached hydrogens (tertiary/aromatic N) is 2. The van der Waals surface area contributed by atoms with Gasteiger partial charge in [-0.3, -0.25) is 9.59 Å². The van der Waals surface area contributed by atoms with Crippen LogP contribution in [0.2, 0.25) is 0 Å². The molecule has 2 aliphatic rings. The number of hydrogen-bond acceptors (Lipinski definition) is 3. The second-order valence-electron chi connectivity index (χ2n) is 10.4. The lowest BCUT2D eigenvalue weighted by atomic mass is 9.87. The number of likely N-dealkylation sites (tertiary alicyclic amines) is 2. The van der Waals surface area contributed by atoms with Gasteiger partial charge < -0.3 is 14.5 Å². The van der Waals surface area contributed by atoms with Gasteiger partial charge >= 0.3 is 0 Å². The number of carbonyl (C=O) groups excluding carboxylic acids is 2. The zero-order chi connectivity index (χ0) is 22.4. The van der Waals surface area contributed by atoms with Crippen molar-refractivity contribution < 1.29 is 14.3 Å². The highest BCUT2D eigenvalue weighted by Crippen LogP contribution is 2.25. The van der Waals surface area contributed by atoms with E-state index in [0.717, 1.165) is 38.1 Å². The molecule has 0 N–H and O–H groups in total. The molecule has 1 aromatic rings. The summed E-state index contributed by atoms with van der Waals surface area (Å²) in [5.41, 5.74) is 1.42. The highest BCUT2D eigenvalue weighted by atomic mass is 16.5. The Morgan fingerprint density at radius 2 is 1.68 bits per heavy atom. The van der Waals surface area contributed by atoms with Crippen molar-refractivity contribution >= 4 is 11.8 Å². The highest BCUT2D eigenvalue weighted by Gasteiger charge is 2.31. The molecule has 0 bridgehead atoms. The maximum atomic E-state index is 12.8. The largest absolute Gasteiger partial charge is 0.494 e. The minimum Gasteiger partial charge on any atom is -0.494 e. The van der Waals surface area contributed by atoms with Gasteiger partial charge in [0.1, 0.15) is 5.75 Å². The fourth-order valence-electron chi connectivity index (χ4n) is 4.65. The average Bonchev–Trinajstić information content (AvgIpc) is 2.76. The van der Waals surface area contributed by atoms with Crippen LogP contribution in [0.4, 0.5) is 0 Å². The normalized spacial score (nSPS) is 20.6. The van der Waals surface area contributed by atoms with Crippen LogP contribution in [0.25, 0.3) is 0 Å². The molecule has 2 aliphatic heterocycles. The third kappa shape index (κ3) is 6.72. The maximum Gasteiger partial charge on any atom is 0.225 e. The van der Waals surface area contributed by atoms with Gasteiger partial charge in [0.25, 0.3) is 0 Å². The van der Waals surface area contributed by atoms with E-state index in [9.17, 15) is 9.59 Å². The Bertz CT molecular complexity index is 730. The summed E-state index contributed by atoms with van der Waals surface area (Å²) in [4.78, 5) is 29.4. The molecule has 1 unspecified atom stereocenters. The summed E-state index contributed by atoms with van der Waals surface area (Å²) in [7, 11) is 0. The van der Waals surface area contributed by atoms with Crippen LogP contribution in [0, 0.1) is 11.8 Å². The summed E-state index contributed by atoms with van der Waals surface area (Å²) in [5.74, 6) is 2.05. The molecule has 31 heavy (non-hydrogen) atoms. The van der Waals surface area contributed by atoms with Crippen LogP contribution in [0.1, 0.15) is 71.8 Å². The van der Waals surface area contributed by atoms with Crippen LogP contribution in [-0.2, 0) is 15.0 Å². The molecule has 5 nitrogen and oxygen atoms in total. The molecular formula is C26H40N2O3. The summed E-state index contributed by atoms with van der Waals surface area (Å²) in [6.07, 6.45) is 5.15. The molecule has 3 rings (SSSR count). The van der Waals surface area contributed by atoms with Crippen molar-refractivity contribution in [2.75, 3.05) is 32.8 Å². The summed E-state index contributed by atoms with van der Waals surface area (Å²) < 4.78 is 5.81. The smallest absolute Gasteiger partial charge is 0.225 e. The number of hydrogen-bond donors (Lipinski definition) is 0. The Kier molecular flexibility index (Phi) is 8.01. The third-order valence-electron chi connectivity index (χ3n) is 6.69. The molecule has 1 aromatic carbocycles. The quantitative estimate of drug-likeness (QED) is 0.620. The third-order valence-corrected chi connectivity index (χ3v) is 6.69. The van der Waals surface area contributed by atoms with Gasteiger partial charge in [0.2, 0.25) is 11.8 Å². The van der Waals surface area contributed by atoms with E-state index in [2.05, 4.69) is 44.7 Å². The number of carbonyl (C=O) groups is 2. The first-order valence-corrected chi connectivity index (χ1v) is 12.0.